The van der Waals surface area contributed by atoms with Gasteiger partial charge in [0, 0.05) is 29.2 Å². The highest BCUT2D eigenvalue weighted by molar-refractivity contribution is 6.30. The second-order valence-corrected chi connectivity index (χ2v) is 8.08. The van der Waals surface area contributed by atoms with Crippen LogP contribution in [0.3, 0.4) is 0 Å². The highest BCUT2D eigenvalue weighted by Crippen LogP contribution is 2.40. The first-order chi connectivity index (χ1) is 12.5. The lowest BCUT2D eigenvalue weighted by molar-refractivity contribution is -0.125. The Balaban J connectivity index is 1.78. The van der Waals surface area contributed by atoms with Gasteiger partial charge in [-0.1, -0.05) is 24.4 Å². The Hall–Kier alpha value is -1.59. The Kier molecular flexibility index (Phi) is 6.20. The fraction of sp³-hybridized carbons (Fsp3) is 0.600. The molecule has 0 bridgehead atoms. The lowest BCUT2D eigenvalue weighted by atomic mass is 9.84. The molecule has 1 aliphatic carbocycles. The van der Waals surface area contributed by atoms with Gasteiger partial charge in [-0.05, 0) is 62.8 Å². The summed E-state index contributed by atoms with van der Waals surface area (Å²) < 4.78 is 0. The molecule has 2 fully saturated rings. The van der Waals surface area contributed by atoms with Gasteiger partial charge in [0.15, 0.2) is 0 Å². The largest absolute Gasteiger partial charge is 0.354 e. The average Bonchev–Trinajstić information content (AvgIpc) is 3.01. The molecule has 0 aromatic heterocycles. The second kappa shape index (κ2) is 8.40. The maximum Gasteiger partial charge on any atom is 0.254 e. The average molecular weight is 378 g/mol. The Morgan fingerprint density at radius 3 is 2.65 bits per heavy atom. The number of rotatable bonds is 5. The zero-order chi connectivity index (χ0) is 18.7. The lowest BCUT2D eigenvalue weighted by Gasteiger charge is -2.33. The van der Waals surface area contributed by atoms with E-state index in [0.717, 1.165) is 32.1 Å². The standard InChI is InChI=1S/C20H28ClN3O2/c1-13(22)10-11-23-19(25)18-12-15-4-2-3-5-17(15)24(18)20(26)14-6-8-16(21)9-7-14/h6-9,13,15,17-18H,2-5,10-12,22H2,1H3,(H,23,25). The molecule has 1 heterocycles. The number of amides is 2. The molecule has 1 aromatic carbocycles. The maximum absolute atomic E-state index is 13.2. The summed E-state index contributed by atoms with van der Waals surface area (Å²) in [5.74, 6) is 0.301. The fourth-order valence-corrected chi connectivity index (χ4v) is 4.39. The molecule has 3 N–H and O–H groups in total. The molecule has 142 valence electrons. The van der Waals surface area contributed by atoms with Gasteiger partial charge in [-0.25, -0.2) is 0 Å². The van der Waals surface area contributed by atoms with Gasteiger partial charge in [-0.15, -0.1) is 0 Å². The summed E-state index contributed by atoms with van der Waals surface area (Å²) in [4.78, 5) is 27.8. The van der Waals surface area contributed by atoms with E-state index in [-0.39, 0.29) is 29.9 Å². The minimum absolute atomic E-state index is 0.0493. The van der Waals surface area contributed by atoms with Crippen LogP contribution < -0.4 is 11.1 Å². The fourth-order valence-electron chi connectivity index (χ4n) is 4.27. The molecule has 1 aromatic rings. The monoisotopic (exact) mass is 377 g/mol. The summed E-state index contributed by atoms with van der Waals surface area (Å²) in [5, 5.41) is 3.58. The number of halogens is 1. The Bertz CT molecular complexity index is 647. The van der Waals surface area contributed by atoms with Crippen LogP contribution in [0.15, 0.2) is 24.3 Å². The van der Waals surface area contributed by atoms with Gasteiger partial charge in [0.05, 0.1) is 0 Å². The molecule has 5 nitrogen and oxygen atoms in total. The molecule has 4 atom stereocenters. The van der Waals surface area contributed by atoms with Crippen molar-refractivity contribution < 1.29 is 9.59 Å². The van der Waals surface area contributed by atoms with E-state index in [1.165, 1.54) is 6.42 Å². The van der Waals surface area contributed by atoms with Gasteiger partial charge in [0.1, 0.15) is 6.04 Å². The first kappa shape index (κ1) is 19.2. The van der Waals surface area contributed by atoms with Crippen molar-refractivity contribution in [1.29, 1.82) is 0 Å². The SMILES string of the molecule is CC(N)CCNC(=O)C1CC2CCCCC2N1C(=O)c1ccc(Cl)cc1. The van der Waals surface area contributed by atoms with Crippen molar-refractivity contribution in [2.24, 2.45) is 11.7 Å². The first-order valence-electron chi connectivity index (χ1n) is 9.59. The molecule has 0 radical (unpaired) electrons. The Morgan fingerprint density at radius 2 is 1.96 bits per heavy atom. The van der Waals surface area contributed by atoms with Crippen LogP contribution in [-0.4, -0.2) is 41.4 Å². The van der Waals surface area contributed by atoms with Gasteiger partial charge in [-0.2, -0.15) is 0 Å². The zero-order valence-corrected chi connectivity index (χ0v) is 16.0. The van der Waals surface area contributed by atoms with Crippen molar-refractivity contribution in [2.45, 2.75) is 63.6 Å². The Morgan fingerprint density at radius 1 is 1.27 bits per heavy atom. The van der Waals surface area contributed by atoms with Crippen LogP contribution in [0.1, 0.15) is 55.8 Å². The number of carbonyl (C=O) groups excluding carboxylic acids is 2. The van der Waals surface area contributed by atoms with Crippen LogP contribution in [0.4, 0.5) is 0 Å². The van der Waals surface area contributed by atoms with Crippen molar-refractivity contribution in [3.05, 3.63) is 34.9 Å². The molecular weight excluding hydrogens is 350 g/mol. The van der Waals surface area contributed by atoms with E-state index in [2.05, 4.69) is 5.32 Å². The summed E-state index contributed by atoms with van der Waals surface area (Å²) >= 11 is 5.95. The normalized spacial score (nSPS) is 26.3. The molecule has 2 amide bonds. The smallest absolute Gasteiger partial charge is 0.254 e. The third kappa shape index (κ3) is 4.21. The molecule has 0 spiro atoms. The van der Waals surface area contributed by atoms with Gasteiger partial charge in [0.25, 0.3) is 5.91 Å². The summed E-state index contributed by atoms with van der Waals surface area (Å²) in [6.07, 6.45) is 5.87. The number of carbonyl (C=O) groups is 2. The van der Waals surface area contributed by atoms with Crippen molar-refractivity contribution >= 4 is 23.4 Å². The quantitative estimate of drug-likeness (QED) is 0.828. The number of nitrogens with zero attached hydrogens (tertiary/aromatic N) is 1. The van der Waals surface area contributed by atoms with Crippen molar-refractivity contribution in [3.63, 3.8) is 0 Å². The van der Waals surface area contributed by atoms with Crippen molar-refractivity contribution in [2.75, 3.05) is 6.54 Å². The van der Waals surface area contributed by atoms with Crippen LogP contribution in [0.2, 0.25) is 5.02 Å². The number of fused-ring (bicyclic) bond motifs is 1. The third-order valence-corrected chi connectivity index (χ3v) is 5.87. The molecule has 6 heteroatoms. The van der Waals surface area contributed by atoms with Gasteiger partial charge in [-0.3, -0.25) is 9.59 Å². The van der Waals surface area contributed by atoms with Crippen LogP contribution in [0, 0.1) is 5.92 Å². The predicted octanol–water partition coefficient (Wildman–Crippen LogP) is 2.97. The maximum atomic E-state index is 13.2. The number of hydrogen-bond acceptors (Lipinski definition) is 3. The lowest BCUT2D eigenvalue weighted by Crippen LogP contribution is -2.50. The van der Waals surface area contributed by atoms with Crippen molar-refractivity contribution in [3.8, 4) is 0 Å². The van der Waals surface area contributed by atoms with E-state index >= 15 is 0 Å². The molecule has 1 aliphatic heterocycles. The summed E-state index contributed by atoms with van der Waals surface area (Å²) in [6, 6.07) is 6.75. The van der Waals surface area contributed by atoms with E-state index in [9.17, 15) is 9.59 Å². The zero-order valence-electron chi connectivity index (χ0n) is 15.3. The van der Waals surface area contributed by atoms with E-state index in [1.54, 1.807) is 24.3 Å². The molecular formula is C20H28ClN3O2. The summed E-state index contributed by atoms with van der Waals surface area (Å²) in [7, 11) is 0. The van der Waals surface area contributed by atoms with Crippen LogP contribution >= 0.6 is 11.6 Å². The second-order valence-electron chi connectivity index (χ2n) is 7.64. The summed E-state index contributed by atoms with van der Waals surface area (Å²) in [6.45, 7) is 2.47. The third-order valence-electron chi connectivity index (χ3n) is 5.62. The van der Waals surface area contributed by atoms with Gasteiger partial charge in [0.2, 0.25) is 5.91 Å². The minimum atomic E-state index is -0.389. The van der Waals surface area contributed by atoms with E-state index in [4.69, 9.17) is 17.3 Å². The number of likely N-dealkylation sites (tertiary alicyclic amines) is 1. The van der Waals surface area contributed by atoms with E-state index in [1.807, 2.05) is 11.8 Å². The van der Waals surface area contributed by atoms with E-state index in [0.29, 0.717) is 23.0 Å². The molecule has 1 saturated carbocycles. The Labute approximate surface area is 160 Å². The number of nitrogens with two attached hydrogens (primary N) is 1. The molecule has 1 saturated heterocycles. The highest BCUT2D eigenvalue weighted by atomic mass is 35.5. The number of nitrogens with one attached hydrogen (secondary N) is 1. The van der Waals surface area contributed by atoms with Crippen molar-refractivity contribution in [1.82, 2.24) is 10.2 Å². The van der Waals surface area contributed by atoms with Gasteiger partial charge < -0.3 is 16.0 Å². The number of benzene rings is 1. The molecule has 2 aliphatic rings. The predicted molar refractivity (Wildman–Crippen MR) is 103 cm³/mol. The van der Waals surface area contributed by atoms with E-state index < -0.39 is 0 Å². The van der Waals surface area contributed by atoms with Crippen LogP contribution in [0.5, 0.6) is 0 Å². The first-order valence-corrected chi connectivity index (χ1v) is 9.96. The number of hydrogen-bond donors (Lipinski definition) is 2. The van der Waals surface area contributed by atoms with Gasteiger partial charge >= 0.3 is 0 Å². The topological polar surface area (TPSA) is 75.4 Å². The molecule has 4 unspecified atom stereocenters. The van der Waals surface area contributed by atoms with Crippen LogP contribution in [0.25, 0.3) is 0 Å². The summed E-state index contributed by atoms with van der Waals surface area (Å²) in [5.41, 5.74) is 6.36. The van der Waals surface area contributed by atoms with Crippen LogP contribution in [-0.2, 0) is 4.79 Å². The molecule has 3 rings (SSSR count). The minimum Gasteiger partial charge on any atom is -0.354 e. The molecule has 26 heavy (non-hydrogen) atoms. The highest BCUT2D eigenvalue weighted by Gasteiger charge is 2.47.